The van der Waals surface area contributed by atoms with Gasteiger partial charge >= 0.3 is 0 Å². The lowest BCUT2D eigenvalue weighted by molar-refractivity contribution is 1.52. The zero-order valence-electron chi connectivity index (χ0n) is 6.04. The maximum Gasteiger partial charge on any atom is 0.108 e. The van der Waals surface area contributed by atoms with Crippen molar-refractivity contribution in [1.82, 2.24) is 0 Å². The van der Waals surface area contributed by atoms with Gasteiger partial charge < -0.3 is 0 Å². The topological polar surface area (TPSA) is 23.8 Å². The molecule has 0 saturated heterocycles. The van der Waals surface area contributed by atoms with Crippen molar-refractivity contribution in [2.24, 2.45) is 0 Å². The second-order valence-electron chi connectivity index (χ2n) is 2.03. The third kappa shape index (κ3) is 1.58. The van der Waals surface area contributed by atoms with Crippen molar-refractivity contribution in [2.75, 3.05) is 0 Å². The normalized spacial score (nSPS) is 7.91. The van der Waals surface area contributed by atoms with Crippen molar-refractivity contribution in [3.05, 3.63) is 48.2 Å². The summed E-state index contributed by atoms with van der Waals surface area (Å²) in [7, 11) is 0. The van der Waals surface area contributed by atoms with E-state index in [-0.39, 0.29) is 0 Å². The van der Waals surface area contributed by atoms with Crippen LogP contribution in [-0.4, -0.2) is 0 Å². The molecule has 0 aromatic heterocycles. The molecule has 1 aromatic rings. The fourth-order valence-electron chi connectivity index (χ4n) is 0.811. The highest BCUT2D eigenvalue weighted by molar-refractivity contribution is 5.75. The Morgan fingerprint density at radius 3 is 2.36 bits per heavy atom. The van der Waals surface area contributed by atoms with Gasteiger partial charge in [0, 0.05) is 5.56 Å². The van der Waals surface area contributed by atoms with Gasteiger partial charge in [0.2, 0.25) is 0 Å². The molecule has 0 radical (unpaired) electrons. The minimum Gasteiger partial charge on any atom is -0.192 e. The zero-order chi connectivity index (χ0) is 8.10. The lowest BCUT2D eigenvalue weighted by Gasteiger charge is -1.92. The molecule has 0 unspecified atom stereocenters. The second-order valence-corrected chi connectivity index (χ2v) is 2.03. The standard InChI is InChI=1S/C10H7N/c1-2-9(8-11)10-6-4-3-5-7-10/h3-7H,1H2. The molecular formula is C10H7N. The predicted octanol–water partition coefficient (Wildman–Crippen LogP) is 2.38. The van der Waals surface area contributed by atoms with E-state index in [0.29, 0.717) is 5.57 Å². The first-order chi connectivity index (χ1) is 5.38. The minimum absolute atomic E-state index is 0.491. The zero-order valence-corrected chi connectivity index (χ0v) is 6.04. The van der Waals surface area contributed by atoms with Gasteiger partial charge in [0.05, 0.1) is 0 Å². The quantitative estimate of drug-likeness (QED) is 0.435. The Morgan fingerprint density at radius 1 is 1.27 bits per heavy atom. The van der Waals surface area contributed by atoms with Crippen molar-refractivity contribution in [3.8, 4) is 6.07 Å². The minimum atomic E-state index is 0.491. The maximum absolute atomic E-state index is 8.59. The molecule has 1 heteroatoms. The van der Waals surface area contributed by atoms with Gasteiger partial charge in [0.25, 0.3) is 0 Å². The van der Waals surface area contributed by atoms with Crippen molar-refractivity contribution < 1.29 is 0 Å². The number of nitriles is 1. The Kier molecular flexibility index (Phi) is 2.28. The SMILES string of the molecule is C=C=C(C#N)c1ccccc1. The van der Waals surface area contributed by atoms with Crippen molar-refractivity contribution in [2.45, 2.75) is 0 Å². The molecular weight excluding hydrogens is 134 g/mol. The molecule has 1 rings (SSSR count). The van der Waals surface area contributed by atoms with Crippen LogP contribution in [0.2, 0.25) is 0 Å². The lowest BCUT2D eigenvalue weighted by atomic mass is 10.1. The van der Waals surface area contributed by atoms with E-state index in [1.165, 1.54) is 0 Å². The Hall–Kier alpha value is -1.77. The molecule has 1 aromatic carbocycles. The summed E-state index contributed by atoms with van der Waals surface area (Å²) in [5.74, 6) is 0. The van der Waals surface area contributed by atoms with Crippen LogP contribution in [0, 0.1) is 11.3 Å². The second kappa shape index (κ2) is 3.41. The third-order valence-electron chi connectivity index (χ3n) is 1.35. The van der Waals surface area contributed by atoms with Crippen LogP contribution in [0.1, 0.15) is 5.56 Å². The molecule has 1 nitrogen and oxygen atoms in total. The van der Waals surface area contributed by atoms with Crippen LogP contribution in [0.3, 0.4) is 0 Å². The van der Waals surface area contributed by atoms with Gasteiger partial charge in [-0.3, -0.25) is 0 Å². The Labute approximate surface area is 65.9 Å². The molecule has 0 bridgehead atoms. The van der Waals surface area contributed by atoms with Gasteiger partial charge in [-0.2, -0.15) is 5.26 Å². The molecule has 11 heavy (non-hydrogen) atoms. The largest absolute Gasteiger partial charge is 0.192 e. The summed E-state index contributed by atoms with van der Waals surface area (Å²) in [5.41, 5.74) is 3.93. The highest BCUT2D eigenvalue weighted by atomic mass is 14.2. The van der Waals surface area contributed by atoms with E-state index in [1.54, 1.807) is 0 Å². The van der Waals surface area contributed by atoms with Crippen molar-refractivity contribution in [3.63, 3.8) is 0 Å². The molecule has 0 N–H and O–H groups in total. The number of hydrogen-bond acceptors (Lipinski definition) is 1. The van der Waals surface area contributed by atoms with Crippen LogP contribution < -0.4 is 0 Å². The Morgan fingerprint density at radius 2 is 1.91 bits per heavy atom. The molecule has 52 valence electrons. The summed E-state index contributed by atoms with van der Waals surface area (Å²) >= 11 is 0. The average molecular weight is 141 g/mol. The van der Waals surface area contributed by atoms with Crippen LogP contribution in [0.4, 0.5) is 0 Å². The van der Waals surface area contributed by atoms with Crippen molar-refractivity contribution >= 4 is 5.57 Å². The van der Waals surface area contributed by atoms with E-state index in [0.717, 1.165) is 5.56 Å². The summed E-state index contributed by atoms with van der Waals surface area (Å²) in [4.78, 5) is 0. The number of rotatable bonds is 1. The van der Waals surface area contributed by atoms with Crippen LogP contribution in [0.5, 0.6) is 0 Å². The molecule has 0 saturated carbocycles. The number of allylic oxidation sites excluding steroid dienone is 1. The predicted molar refractivity (Wildman–Crippen MR) is 44.6 cm³/mol. The summed E-state index contributed by atoms with van der Waals surface area (Å²) in [5, 5.41) is 8.59. The third-order valence-corrected chi connectivity index (χ3v) is 1.35. The van der Waals surface area contributed by atoms with Gasteiger partial charge in [-0.15, -0.1) is 5.73 Å². The van der Waals surface area contributed by atoms with E-state index in [2.05, 4.69) is 12.3 Å². The first-order valence-corrected chi connectivity index (χ1v) is 3.24. The smallest absolute Gasteiger partial charge is 0.108 e. The molecule has 0 amide bonds. The molecule has 0 heterocycles. The number of hydrogen-bond donors (Lipinski definition) is 0. The molecule has 0 aliphatic rings. The van der Waals surface area contributed by atoms with Crippen LogP contribution in [-0.2, 0) is 0 Å². The Bertz CT molecular complexity index is 324. The number of nitrogens with zero attached hydrogens (tertiary/aromatic N) is 1. The summed E-state index contributed by atoms with van der Waals surface area (Å²) < 4.78 is 0. The fraction of sp³-hybridized carbons (Fsp3) is 0. The van der Waals surface area contributed by atoms with Crippen LogP contribution in [0.25, 0.3) is 5.57 Å². The molecule has 0 aliphatic heterocycles. The average Bonchev–Trinajstić information content (AvgIpc) is 2.09. The summed E-state index contributed by atoms with van der Waals surface area (Å²) in [6.45, 7) is 3.42. The first kappa shape index (κ1) is 7.34. The Balaban J connectivity index is 3.15. The van der Waals surface area contributed by atoms with E-state index in [4.69, 9.17) is 5.26 Å². The summed E-state index contributed by atoms with van der Waals surface area (Å²) in [6.07, 6.45) is 0. The van der Waals surface area contributed by atoms with Gasteiger partial charge in [0.15, 0.2) is 0 Å². The van der Waals surface area contributed by atoms with Crippen LogP contribution in [0.15, 0.2) is 42.6 Å². The van der Waals surface area contributed by atoms with Crippen LogP contribution >= 0.6 is 0 Å². The van der Waals surface area contributed by atoms with E-state index in [9.17, 15) is 0 Å². The first-order valence-electron chi connectivity index (χ1n) is 3.24. The highest BCUT2D eigenvalue weighted by Crippen LogP contribution is 2.09. The van der Waals surface area contributed by atoms with Gasteiger partial charge in [-0.05, 0) is 0 Å². The van der Waals surface area contributed by atoms with E-state index >= 15 is 0 Å². The summed E-state index contributed by atoms with van der Waals surface area (Å²) in [6, 6.07) is 11.4. The maximum atomic E-state index is 8.59. The lowest BCUT2D eigenvalue weighted by Crippen LogP contribution is -1.76. The van der Waals surface area contributed by atoms with E-state index < -0.39 is 0 Å². The molecule has 0 aliphatic carbocycles. The van der Waals surface area contributed by atoms with E-state index in [1.807, 2.05) is 36.4 Å². The molecule has 0 atom stereocenters. The highest BCUT2D eigenvalue weighted by Gasteiger charge is 1.94. The molecule has 0 fully saturated rings. The van der Waals surface area contributed by atoms with Gasteiger partial charge in [-0.1, -0.05) is 36.9 Å². The molecule has 0 spiro atoms. The number of benzene rings is 1. The fourth-order valence-corrected chi connectivity index (χ4v) is 0.811. The van der Waals surface area contributed by atoms with Gasteiger partial charge in [-0.25, -0.2) is 0 Å². The van der Waals surface area contributed by atoms with Gasteiger partial charge in [0.1, 0.15) is 11.6 Å². The monoisotopic (exact) mass is 141 g/mol. The van der Waals surface area contributed by atoms with Crippen molar-refractivity contribution in [1.29, 1.82) is 5.26 Å².